The number of aryl methyl sites for hydroxylation is 1. The van der Waals surface area contributed by atoms with Gasteiger partial charge in [-0.3, -0.25) is 4.79 Å². The molecule has 1 amide bonds. The van der Waals surface area contributed by atoms with Crippen molar-refractivity contribution in [3.05, 3.63) is 68.1 Å². The smallest absolute Gasteiger partial charge is 0.295 e. The van der Waals surface area contributed by atoms with E-state index in [0.29, 0.717) is 32.3 Å². The molecule has 1 aromatic heterocycles. The fourth-order valence-electron chi connectivity index (χ4n) is 2.17. The topological polar surface area (TPSA) is 59.8 Å². The Bertz CT molecular complexity index is 951. The highest BCUT2D eigenvalue weighted by Gasteiger charge is 2.17. The second kappa shape index (κ2) is 7.22. The third kappa shape index (κ3) is 3.90. The number of amides is 1. The van der Waals surface area contributed by atoms with Crippen LogP contribution in [0.3, 0.4) is 0 Å². The van der Waals surface area contributed by atoms with E-state index < -0.39 is 5.91 Å². The molecule has 0 bridgehead atoms. The van der Waals surface area contributed by atoms with E-state index in [0.717, 1.165) is 0 Å². The summed E-state index contributed by atoms with van der Waals surface area (Å²) in [4.78, 5) is 16.6. The van der Waals surface area contributed by atoms with Crippen molar-refractivity contribution in [2.75, 3.05) is 5.32 Å². The van der Waals surface area contributed by atoms with Crippen molar-refractivity contribution in [1.29, 1.82) is 0 Å². The van der Waals surface area contributed by atoms with E-state index in [1.165, 1.54) is 4.68 Å². The van der Waals surface area contributed by atoms with Crippen LogP contribution in [0.25, 0.3) is 5.69 Å². The summed E-state index contributed by atoms with van der Waals surface area (Å²) >= 11 is 24.0. The normalized spacial score (nSPS) is 10.8. The van der Waals surface area contributed by atoms with Crippen LogP contribution in [0, 0.1) is 6.92 Å². The fraction of sp³-hybridized carbons (Fsp3) is 0.0625. The molecule has 1 heterocycles. The maximum atomic E-state index is 12.4. The first-order valence-corrected chi connectivity index (χ1v) is 8.52. The number of hydrogen-bond acceptors (Lipinski definition) is 3. The highest BCUT2D eigenvalue weighted by molar-refractivity contribution is 6.44. The molecule has 0 aliphatic rings. The fourth-order valence-corrected chi connectivity index (χ4v) is 3.03. The lowest BCUT2D eigenvalue weighted by molar-refractivity contribution is 0.101. The molecular formula is C16H10Cl4N4O. The van der Waals surface area contributed by atoms with Gasteiger partial charge in [0.15, 0.2) is 0 Å². The van der Waals surface area contributed by atoms with Gasteiger partial charge in [-0.1, -0.05) is 52.5 Å². The van der Waals surface area contributed by atoms with Gasteiger partial charge < -0.3 is 5.32 Å². The average Bonchev–Trinajstić information content (AvgIpc) is 2.93. The number of halogens is 4. The maximum Gasteiger partial charge on any atom is 0.295 e. The molecule has 0 fully saturated rings. The standard InChI is InChI=1S/C16H10Cl4N4O/c1-8-21-15(16(25)22-13-4-2-3-12(19)14(13)20)23-24(8)11-6-9(17)5-10(18)7-11/h2-7H,1H3,(H,22,25). The molecule has 0 radical (unpaired) electrons. The summed E-state index contributed by atoms with van der Waals surface area (Å²) in [7, 11) is 0. The number of benzene rings is 2. The summed E-state index contributed by atoms with van der Waals surface area (Å²) in [6, 6.07) is 9.88. The molecule has 25 heavy (non-hydrogen) atoms. The molecule has 2 aromatic carbocycles. The second-order valence-electron chi connectivity index (χ2n) is 5.08. The van der Waals surface area contributed by atoms with Crippen LogP contribution in [-0.4, -0.2) is 20.7 Å². The third-order valence-corrected chi connectivity index (χ3v) is 4.52. The summed E-state index contributed by atoms with van der Waals surface area (Å²) in [6.45, 7) is 1.71. The molecule has 0 spiro atoms. The van der Waals surface area contributed by atoms with E-state index >= 15 is 0 Å². The lowest BCUT2D eigenvalue weighted by Crippen LogP contribution is -2.14. The number of nitrogens with one attached hydrogen (secondary N) is 1. The van der Waals surface area contributed by atoms with Gasteiger partial charge >= 0.3 is 0 Å². The lowest BCUT2D eigenvalue weighted by atomic mass is 10.3. The van der Waals surface area contributed by atoms with Gasteiger partial charge in [0.25, 0.3) is 5.91 Å². The highest BCUT2D eigenvalue weighted by atomic mass is 35.5. The van der Waals surface area contributed by atoms with Crippen LogP contribution in [0.15, 0.2) is 36.4 Å². The molecule has 128 valence electrons. The molecule has 0 atom stereocenters. The Labute approximate surface area is 163 Å². The molecule has 0 saturated heterocycles. The van der Waals surface area contributed by atoms with Gasteiger partial charge in [-0.2, -0.15) is 0 Å². The van der Waals surface area contributed by atoms with Gasteiger partial charge in [-0.05, 0) is 37.3 Å². The second-order valence-corrected chi connectivity index (χ2v) is 6.74. The number of carbonyl (C=O) groups is 1. The zero-order chi connectivity index (χ0) is 18.1. The van der Waals surface area contributed by atoms with Crippen molar-refractivity contribution in [3.8, 4) is 5.69 Å². The van der Waals surface area contributed by atoms with Crippen LogP contribution in [0.5, 0.6) is 0 Å². The van der Waals surface area contributed by atoms with Crippen LogP contribution in [0.4, 0.5) is 5.69 Å². The molecule has 5 nitrogen and oxygen atoms in total. The monoisotopic (exact) mass is 414 g/mol. The summed E-state index contributed by atoms with van der Waals surface area (Å²) < 4.78 is 1.48. The molecule has 0 aliphatic carbocycles. The van der Waals surface area contributed by atoms with Gasteiger partial charge in [0.1, 0.15) is 5.82 Å². The van der Waals surface area contributed by atoms with Crippen LogP contribution < -0.4 is 5.32 Å². The Morgan fingerprint density at radius 2 is 1.76 bits per heavy atom. The average molecular weight is 416 g/mol. The molecule has 0 unspecified atom stereocenters. The van der Waals surface area contributed by atoms with Gasteiger partial charge in [-0.15, -0.1) is 5.10 Å². The quantitative estimate of drug-likeness (QED) is 0.619. The molecule has 3 rings (SSSR count). The Kier molecular flexibility index (Phi) is 5.20. The summed E-state index contributed by atoms with van der Waals surface area (Å²) in [5.41, 5.74) is 0.973. The van der Waals surface area contributed by atoms with Crippen LogP contribution in [0.1, 0.15) is 16.4 Å². The molecule has 1 N–H and O–H groups in total. The molecule has 3 aromatic rings. The zero-order valence-corrected chi connectivity index (χ0v) is 15.7. The Hall–Kier alpha value is -1.79. The van der Waals surface area contributed by atoms with Crippen molar-refractivity contribution in [2.45, 2.75) is 6.92 Å². The summed E-state index contributed by atoms with van der Waals surface area (Å²) in [5, 5.41) is 8.33. The van der Waals surface area contributed by atoms with Gasteiger partial charge in [0.05, 0.1) is 21.4 Å². The van der Waals surface area contributed by atoms with E-state index in [1.807, 2.05) is 0 Å². The van der Waals surface area contributed by atoms with E-state index in [-0.39, 0.29) is 10.8 Å². The first-order chi connectivity index (χ1) is 11.8. The van der Waals surface area contributed by atoms with Gasteiger partial charge in [-0.25, -0.2) is 9.67 Å². The number of nitrogens with zero attached hydrogens (tertiary/aromatic N) is 3. The molecule has 0 saturated carbocycles. The molecular weight excluding hydrogens is 406 g/mol. The van der Waals surface area contributed by atoms with Crippen molar-refractivity contribution in [1.82, 2.24) is 14.8 Å². The maximum absolute atomic E-state index is 12.4. The molecule has 9 heteroatoms. The zero-order valence-electron chi connectivity index (χ0n) is 12.7. The third-order valence-electron chi connectivity index (χ3n) is 3.26. The minimum Gasteiger partial charge on any atom is -0.318 e. The van der Waals surface area contributed by atoms with Gasteiger partial charge in [0.2, 0.25) is 5.82 Å². The number of rotatable bonds is 3. The predicted octanol–water partition coefficient (Wildman–Crippen LogP) is 5.44. The van der Waals surface area contributed by atoms with Crippen molar-refractivity contribution >= 4 is 58.0 Å². The largest absolute Gasteiger partial charge is 0.318 e. The van der Waals surface area contributed by atoms with E-state index in [9.17, 15) is 4.79 Å². The Balaban J connectivity index is 1.91. The summed E-state index contributed by atoms with van der Waals surface area (Å²) in [6.07, 6.45) is 0. The first-order valence-electron chi connectivity index (χ1n) is 7.00. The number of hydrogen-bond donors (Lipinski definition) is 1. The van der Waals surface area contributed by atoms with Crippen molar-refractivity contribution in [3.63, 3.8) is 0 Å². The predicted molar refractivity (Wildman–Crippen MR) is 101 cm³/mol. The Morgan fingerprint density at radius 1 is 1.08 bits per heavy atom. The van der Waals surface area contributed by atoms with E-state index in [1.54, 1.807) is 43.3 Å². The van der Waals surface area contributed by atoms with E-state index in [2.05, 4.69) is 15.4 Å². The summed E-state index contributed by atoms with van der Waals surface area (Å²) in [5.74, 6) is -0.0375. The number of aromatic nitrogens is 3. The SMILES string of the molecule is Cc1nc(C(=O)Nc2cccc(Cl)c2Cl)nn1-c1cc(Cl)cc(Cl)c1. The van der Waals surface area contributed by atoms with Crippen molar-refractivity contribution < 1.29 is 4.79 Å². The Morgan fingerprint density at radius 3 is 2.44 bits per heavy atom. The number of anilines is 1. The molecule has 0 aliphatic heterocycles. The van der Waals surface area contributed by atoms with Crippen LogP contribution in [-0.2, 0) is 0 Å². The number of carbonyl (C=O) groups excluding carboxylic acids is 1. The van der Waals surface area contributed by atoms with Crippen LogP contribution in [0.2, 0.25) is 20.1 Å². The van der Waals surface area contributed by atoms with Gasteiger partial charge in [0, 0.05) is 10.0 Å². The highest BCUT2D eigenvalue weighted by Crippen LogP contribution is 2.29. The minimum atomic E-state index is -0.515. The van der Waals surface area contributed by atoms with Crippen LogP contribution >= 0.6 is 46.4 Å². The van der Waals surface area contributed by atoms with E-state index in [4.69, 9.17) is 46.4 Å². The lowest BCUT2D eigenvalue weighted by Gasteiger charge is -2.06. The van der Waals surface area contributed by atoms with Crippen molar-refractivity contribution in [2.24, 2.45) is 0 Å². The minimum absolute atomic E-state index is 0.0235. The first kappa shape index (κ1) is 18.0.